The van der Waals surface area contributed by atoms with E-state index in [4.69, 9.17) is 4.74 Å². The Morgan fingerprint density at radius 3 is 2.40 bits per heavy atom. The van der Waals surface area contributed by atoms with Gasteiger partial charge in [-0.1, -0.05) is 47.5 Å². The number of ether oxygens (including phenoxy) is 1. The van der Waals surface area contributed by atoms with Gasteiger partial charge < -0.3 is 9.64 Å². The molecule has 25 heavy (non-hydrogen) atoms. The topological polar surface area (TPSA) is 46.6 Å². The molecule has 2 aromatic rings. The number of hydrogen-bond acceptors (Lipinski definition) is 3. The minimum absolute atomic E-state index is 0.0264. The Morgan fingerprint density at radius 2 is 1.76 bits per heavy atom. The highest BCUT2D eigenvalue weighted by molar-refractivity contribution is 7.84. The summed E-state index contributed by atoms with van der Waals surface area (Å²) in [6.07, 6.45) is 0. The average molecular weight is 359 g/mol. The van der Waals surface area contributed by atoms with Crippen LogP contribution < -0.4 is 4.74 Å². The number of amides is 1. The summed E-state index contributed by atoms with van der Waals surface area (Å²) in [4.78, 5) is 14.0. The molecule has 0 spiro atoms. The minimum atomic E-state index is -1.23. The first-order valence-corrected chi connectivity index (χ1v) is 9.66. The van der Waals surface area contributed by atoms with Crippen LogP contribution in [0.4, 0.5) is 0 Å². The van der Waals surface area contributed by atoms with E-state index in [1.54, 1.807) is 19.1 Å². The van der Waals surface area contributed by atoms with E-state index in [-0.39, 0.29) is 11.7 Å². The molecule has 4 nitrogen and oxygen atoms in total. The number of carbonyl (C=O) groups excluding carboxylic acids is 1. The lowest BCUT2D eigenvalue weighted by Gasteiger charge is -2.18. The Kier molecular flexibility index (Phi) is 6.76. The highest BCUT2D eigenvalue weighted by Gasteiger charge is 2.15. The van der Waals surface area contributed by atoms with Gasteiger partial charge >= 0.3 is 0 Å². The van der Waals surface area contributed by atoms with Crippen molar-refractivity contribution in [1.82, 2.24) is 4.90 Å². The summed E-state index contributed by atoms with van der Waals surface area (Å²) in [7, 11) is 2.11. The summed E-state index contributed by atoms with van der Waals surface area (Å²) in [6.45, 7) is 4.47. The van der Waals surface area contributed by atoms with Gasteiger partial charge in [0.2, 0.25) is 5.91 Å². The lowest BCUT2D eigenvalue weighted by atomic mass is 10.1. The molecular weight excluding hydrogens is 334 g/mol. The van der Waals surface area contributed by atoms with E-state index < -0.39 is 10.8 Å². The van der Waals surface area contributed by atoms with E-state index in [1.807, 2.05) is 50.2 Å². The van der Waals surface area contributed by atoms with Gasteiger partial charge in [-0.2, -0.15) is 0 Å². The van der Waals surface area contributed by atoms with E-state index in [0.717, 1.165) is 28.0 Å². The smallest absolute Gasteiger partial charge is 0.235 e. The second-order valence-electron chi connectivity index (χ2n) is 6.29. The number of carbonyl (C=O) groups is 1. The number of para-hydroxylation sites is 1. The van der Waals surface area contributed by atoms with Gasteiger partial charge in [-0.25, -0.2) is 0 Å². The van der Waals surface area contributed by atoms with Gasteiger partial charge in [0.25, 0.3) is 0 Å². The molecule has 0 unspecified atom stereocenters. The summed E-state index contributed by atoms with van der Waals surface area (Å²) in [5.74, 6) is 1.04. The molecule has 0 aliphatic rings. The molecule has 0 saturated carbocycles. The van der Waals surface area contributed by atoms with Crippen molar-refractivity contribution in [1.29, 1.82) is 0 Å². The van der Waals surface area contributed by atoms with Crippen LogP contribution in [0.3, 0.4) is 0 Å². The maximum absolute atomic E-state index is 12.4. The van der Waals surface area contributed by atoms with Gasteiger partial charge in [0, 0.05) is 35.7 Å². The molecule has 0 aliphatic heterocycles. The van der Waals surface area contributed by atoms with Gasteiger partial charge in [0.05, 0.1) is 7.11 Å². The number of aryl methyl sites for hydroxylation is 2. The van der Waals surface area contributed by atoms with Crippen molar-refractivity contribution in [2.45, 2.75) is 26.1 Å². The summed E-state index contributed by atoms with van der Waals surface area (Å²) >= 11 is 0. The molecule has 1 amide bonds. The van der Waals surface area contributed by atoms with Crippen LogP contribution in [-0.2, 0) is 27.9 Å². The van der Waals surface area contributed by atoms with Crippen LogP contribution in [-0.4, -0.2) is 34.9 Å². The number of nitrogens with zero attached hydrogens (tertiary/aromatic N) is 1. The summed E-state index contributed by atoms with van der Waals surface area (Å²) in [5, 5.41) is 0. The Labute approximate surface area is 152 Å². The highest BCUT2D eigenvalue weighted by atomic mass is 32.2. The van der Waals surface area contributed by atoms with Crippen LogP contribution in [0.25, 0.3) is 0 Å². The van der Waals surface area contributed by atoms with E-state index in [2.05, 4.69) is 6.07 Å². The van der Waals surface area contributed by atoms with E-state index in [1.165, 1.54) is 0 Å². The van der Waals surface area contributed by atoms with E-state index in [0.29, 0.717) is 12.3 Å². The van der Waals surface area contributed by atoms with Crippen LogP contribution in [0.15, 0.2) is 42.5 Å². The normalized spacial score (nSPS) is 11.8. The Balaban J connectivity index is 1.95. The molecule has 0 aliphatic carbocycles. The van der Waals surface area contributed by atoms with Crippen LogP contribution in [0, 0.1) is 13.8 Å². The van der Waals surface area contributed by atoms with Crippen molar-refractivity contribution >= 4 is 16.7 Å². The van der Waals surface area contributed by atoms with E-state index >= 15 is 0 Å². The maximum atomic E-state index is 12.4. The lowest BCUT2D eigenvalue weighted by Crippen LogP contribution is -2.30. The number of hydrogen-bond donors (Lipinski definition) is 0. The molecular formula is C20H25NO3S. The fourth-order valence-electron chi connectivity index (χ4n) is 2.81. The predicted molar refractivity (Wildman–Crippen MR) is 102 cm³/mol. The van der Waals surface area contributed by atoms with Gasteiger partial charge in [-0.15, -0.1) is 0 Å². The minimum Gasteiger partial charge on any atom is -0.496 e. The standard InChI is InChI=1S/C20H25NO3S/c1-15-9-16(2)11-17(10-15)13-25(23)14-20(22)21(3)12-18-7-5-6-8-19(18)24-4/h5-11H,12-14H2,1-4H3/t25-/m1/s1. The molecule has 0 fully saturated rings. The molecule has 0 bridgehead atoms. The molecule has 2 rings (SSSR count). The summed E-state index contributed by atoms with van der Waals surface area (Å²) in [5.41, 5.74) is 4.23. The Morgan fingerprint density at radius 1 is 1.12 bits per heavy atom. The van der Waals surface area contributed by atoms with E-state index in [9.17, 15) is 9.00 Å². The van der Waals surface area contributed by atoms with Crippen LogP contribution >= 0.6 is 0 Å². The number of rotatable bonds is 7. The zero-order chi connectivity index (χ0) is 18.4. The maximum Gasteiger partial charge on any atom is 0.235 e. The number of methoxy groups -OCH3 is 1. The van der Waals surface area contributed by atoms with Crippen molar-refractivity contribution in [3.05, 3.63) is 64.7 Å². The molecule has 0 aromatic heterocycles. The third-order valence-electron chi connectivity index (χ3n) is 3.92. The fourth-order valence-corrected chi connectivity index (χ4v) is 3.95. The second kappa shape index (κ2) is 8.81. The van der Waals surface area contributed by atoms with Crippen LogP contribution in [0.1, 0.15) is 22.3 Å². The van der Waals surface area contributed by atoms with Crippen LogP contribution in [0.5, 0.6) is 5.75 Å². The Hall–Kier alpha value is -2.14. The largest absolute Gasteiger partial charge is 0.496 e. The third kappa shape index (κ3) is 5.71. The van der Waals surface area contributed by atoms with Gasteiger partial charge in [-0.3, -0.25) is 9.00 Å². The SMILES string of the molecule is COc1ccccc1CN(C)C(=O)C[S@](=O)Cc1cc(C)cc(C)c1. The first-order valence-electron chi connectivity index (χ1n) is 8.17. The van der Waals surface area contributed by atoms with Crippen molar-refractivity contribution in [3.8, 4) is 5.75 Å². The van der Waals surface area contributed by atoms with Crippen molar-refractivity contribution in [2.24, 2.45) is 0 Å². The van der Waals surface area contributed by atoms with Crippen molar-refractivity contribution < 1.29 is 13.7 Å². The fraction of sp³-hybridized carbons (Fsp3) is 0.350. The molecule has 0 heterocycles. The van der Waals surface area contributed by atoms with Crippen molar-refractivity contribution in [2.75, 3.05) is 19.9 Å². The first kappa shape index (κ1) is 19.2. The zero-order valence-electron chi connectivity index (χ0n) is 15.2. The molecule has 5 heteroatoms. The second-order valence-corrected chi connectivity index (χ2v) is 7.74. The van der Waals surface area contributed by atoms with Gasteiger partial charge in [-0.05, 0) is 25.5 Å². The lowest BCUT2D eigenvalue weighted by molar-refractivity contribution is -0.127. The monoisotopic (exact) mass is 359 g/mol. The molecule has 1 atom stereocenters. The average Bonchev–Trinajstić information content (AvgIpc) is 2.54. The van der Waals surface area contributed by atoms with Gasteiger partial charge in [0.1, 0.15) is 11.5 Å². The first-order chi connectivity index (χ1) is 11.9. The molecule has 134 valence electrons. The molecule has 2 aromatic carbocycles. The van der Waals surface area contributed by atoms with Crippen LogP contribution in [0.2, 0.25) is 0 Å². The quantitative estimate of drug-likeness (QED) is 0.763. The zero-order valence-corrected chi connectivity index (χ0v) is 16.1. The third-order valence-corrected chi connectivity index (χ3v) is 5.14. The van der Waals surface area contributed by atoms with Gasteiger partial charge in [0.15, 0.2) is 0 Å². The summed E-state index contributed by atoms with van der Waals surface area (Å²) in [6, 6.07) is 13.7. The Bertz CT molecular complexity index is 753. The molecule has 0 saturated heterocycles. The predicted octanol–water partition coefficient (Wildman–Crippen LogP) is 3.22. The molecule has 0 N–H and O–H groups in total. The highest BCUT2D eigenvalue weighted by Crippen LogP contribution is 2.19. The summed E-state index contributed by atoms with van der Waals surface area (Å²) < 4.78 is 17.7. The van der Waals surface area contributed by atoms with Crippen molar-refractivity contribution in [3.63, 3.8) is 0 Å². The molecule has 0 radical (unpaired) electrons. The number of benzene rings is 2.